The van der Waals surface area contributed by atoms with Gasteiger partial charge in [-0.2, -0.15) is 0 Å². The molecule has 0 aliphatic carbocycles. The van der Waals surface area contributed by atoms with E-state index in [2.05, 4.69) is 23.5 Å². The van der Waals surface area contributed by atoms with Gasteiger partial charge in [0.2, 0.25) is 0 Å². The van der Waals surface area contributed by atoms with E-state index in [9.17, 15) is 15.0 Å². The molecule has 0 fully saturated rings. The van der Waals surface area contributed by atoms with Crippen LogP contribution in [0.25, 0.3) is 6.08 Å². The summed E-state index contributed by atoms with van der Waals surface area (Å²) in [6.45, 7) is 2.13. The van der Waals surface area contributed by atoms with Gasteiger partial charge in [0, 0.05) is 23.6 Å². The highest BCUT2D eigenvalue weighted by molar-refractivity contribution is 5.88. The second-order valence-electron chi connectivity index (χ2n) is 4.51. The second-order valence-corrected chi connectivity index (χ2v) is 4.51. The Morgan fingerprint density at radius 1 is 1.33 bits per heavy atom. The quantitative estimate of drug-likeness (QED) is 0.287. The van der Waals surface area contributed by atoms with E-state index >= 15 is 0 Å². The Balaban J connectivity index is 3.00. The van der Waals surface area contributed by atoms with Gasteiger partial charge in [-0.05, 0) is 24.6 Å². The Bertz CT molecular complexity index is 576. The average molecular weight is 288 g/mol. The minimum atomic E-state index is -0.542. The first kappa shape index (κ1) is 16.6. The molecular formula is C17H20O4. The van der Waals surface area contributed by atoms with Crippen molar-refractivity contribution in [3.63, 3.8) is 0 Å². The summed E-state index contributed by atoms with van der Waals surface area (Å²) in [6, 6.07) is 2.99. The Morgan fingerprint density at radius 3 is 2.76 bits per heavy atom. The van der Waals surface area contributed by atoms with Crippen molar-refractivity contribution in [2.75, 3.05) is 7.11 Å². The maximum absolute atomic E-state index is 11.1. The number of hydrogen-bond acceptors (Lipinski definition) is 4. The highest BCUT2D eigenvalue weighted by atomic mass is 16.5. The predicted molar refractivity (Wildman–Crippen MR) is 81.8 cm³/mol. The summed E-state index contributed by atoms with van der Waals surface area (Å²) in [7, 11) is 1.27. The van der Waals surface area contributed by atoms with E-state index in [-0.39, 0.29) is 11.5 Å². The molecule has 1 aromatic rings. The number of esters is 1. The van der Waals surface area contributed by atoms with Gasteiger partial charge >= 0.3 is 5.97 Å². The van der Waals surface area contributed by atoms with E-state index in [0.29, 0.717) is 11.1 Å². The van der Waals surface area contributed by atoms with E-state index in [1.165, 1.54) is 25.3 Å². The number of carbonyl (C=O) groups is 1. The number of phenolic OH excluding ortho intramolecular Hbond substituents is 2. The Morgan fingerprint density at radius 2 is 2.10 bits per heavy atom. The minimum absolute atomic E-state index is 0.254. The van der Waals surface area contributed by atoms with Crippen LogP contribution in [0.15, 0.2) is 18.2 Å². The monoisotopic (exact) mass is 288 g/mol. The number of rotatable bonds is 5. The van der Waals surface area contributed by atoms with Crippen LogP contribution in [0.1, 0.15) is 43.7 Å². The Hall–Kier alpha value is -2.41. The summed E-state index contributed by atoms with van der Waals surface area (Å²) in [5.74, 6) is 4.90. The van der Waals surface area contributed by atoms with Crippen molar-refractivity contribution in [2.45, 2.75) is 32.6 Å². The van der Waals surface area contributed by atoms with Crippen molar-refractivity contribution in [3.8, 4) is 23.3 Å². The summed E-state index contributed by atoms with van der Waals surface area (Å²) in [4.78, 5) is 11.1. The van der Waals surface area contributed by atoms with Gasteiger partial charge in [0.25, 0.3) is 0 Å². The van der Waals surface area contributed by atoms with Gasteiger partial charge in [-0.25, -0.2) is 4.79 Å². The molecule has 0 aliphatic heterocycles. The molecule has 4 heteroatoms. The molecule has 0 amide bonds. The largest absolute Gasteiger partial charge is 0.504 e. The maximum Gasteiger partial charge on any atom is 0.330 e. The molecule has 0 saturated carbocycles. The SMILES string of the molecule is CCCCCC#Cc1ccc(O)c(O)c1/C=C/C(=O)OC. The summed E-state index contributed by atoms with van der Waals surface area (Å²) in [5.41, 5.74) is 0.866. The van der Waals surface area contributed by atoms with E-state index in [1.807, 2.05) is 0 Å². The molecule has 0 aromatic heterocycles. The second kappa shape index (κ2) is 8.70. The fourth-order valence-electron chi connectivity index (χ4n) is 1.71. The van der Waals surface area contributed by atoms with Crippen molar-refractivity contribution < 1.29 is 19.7 Å². The minimum Gasteiger partial charge on any atom is -0.504 e. The van der Waals surface area contributed by atoms with E-state index < -0.39 is 5.97 Å². The van der Waals surface area contributed by atoms with Crippen LogP contribution in [0.3, 0.4) is 0 Å². The molecule has 21 heavy (non-hydrogen) atoms. The number of benzene rings is 1. The molecule has 0 bridgehead atoms. The highest BCUT2D eigenvalue weighted by Gasteiger charge is 2.09. The first-order valence-corrected chi connectivity index (χ1v) is 6.90. The lowest BCUT2D eigenvalue weighted by molar-refractivity contribution is -0.134. The molecule has 0 heterocycles. The lowest BCUT2D eigenvalue weighted by Crippen LogP contribution is -1.94. The van der Waals surface area contributed by atoms with Crippen LogP contribution in [0.5, 0.6) is 11.5 Å². The fourth-order valence-corrected chi connectivity index (χ4v) is 1.71. The van der Waals surface area contributed by atoms with E-state index in [4.69, 9.17) is 0 Å². The molecule has 0 aliphatic rings. The number of carbonyl (C=O) groups excluding carboxylic acids is 1. The zero-order chi connectivity index (χ0) is 15.7. The first-order chi connectivity index (χ1) is 10.1. The van der Waals surface area contributed by atoms with Gasteiger partial charge in [-0.1, -0.05) is 31.6 Å². The van der Waals surface area contributed by atoms with Gasteiger partial charge in [-0.3, -0.25) is 0 Å². The molecule has 0 radical (unpaired) electrons. The summed E-state index contributed by atoms with van der Waals surface area (Å²) < 4.78 is 4.50. The molecule has 112 valence electrons. The molecule has 4 nitrogen and oxygen atoms in total. The molecule has 0 spiro atoms. The zero-order valence-corrected chi connectivity index (χ0v) is 12.3. The number of aromatic hydroxyl groups is 2. The van der Waals surface area contributed by atoms with Crippen LogP contribution in [-0.2, 0) is 9.53 Å². The number of phenols is 2. The number of methoxy groups -OCH3 is 1. The van der Waals surface area contributed by atoms with Gasteiger partial charge in [0.15, 0.2) is 11.5 Å². The van der Waals surface area contributed by atoms with Crippen LogP contribution in [0.4, 0.5) is 0 Å². The van der Waals surface area contributed by atoms with Crippen molar-refractivity contribution in [3.05, 3.63) is 29.3 Å². The Kier molecular flexibility index (Phi) is 6.90. The van der Waals surface area contributed by atoms with E-state index in [0.717, 1.165) is 25.7 Å². The number of hydrogen-bond donors (Lipinski definition) is 2. The standard InChI is InChI=1S/C17H20O4/c1-3-4-5-6-7-8-13-9-11-15(18)17(20)14(13)10-12-16(19)21-2/h9-12,18,20H,3-6H2,1-2H3/b12-10+. The van der Waals surface area contributed by atoms with Crippen LogP contribution in [0.2, 0.25) is 0 Å². The van der Waals surface area contributed by atoms with Gasteiger partial charge in [0.1, 0.15) is 0 Å². The van der Waals surface area contributed by atoms with Crippen molar-refractivity contribution in [2.24, 2.45) is 0 Å². The Labute approximate surface area is 125 Å². The number of ether oxygens (including phenoxy) is 1. The predicted octanol–water partition coefficient (Wildman–Crippen LogP) is 3.22. The van der Waals surface area contributed by atoms with Crippen LogP contribution >= 0.6 is 0 Å². The third-order valence-corrected chi connectivity index (χ3v) is 2.91. The van der Waals surface area contributed by atoms with Crippen LogP contribution in [0, 0.1) is 11.8 Å². The summed E-state index contributed by atoms with van der Waals surface area (Å²) >= 11 is 0. The van der Waals surface area contributed by atoms with Crippen LogP contribution in [-0.4, -0.2) is 23.3 Å². The van der Waals surface area contributed by atoms with E-state index in [1.54, 1.807) is 6.07 Å². The third-order valence-electron chi connectivity index (χ3n) is 2.91. The molecule has 0 saturated heterocycles. The molecule has 0 atom stereocenters. The molecule has 1 aromatic carbocycles. The summed E-state index contributed by atoms with van der Waals surface area (Å²) in [5, 5.41) is 19.4. The normalized spacial score (nSPS) is 10.2. The zero-order valence-electron chi connectivity index (χ0n) is 12.3. The maximum atomic E-state index is 11.1. The van der Waals surface area contributed by atoms with Gasteiger partial charge in [0.05, 0.1) is 7.11 Å². The van der Waals surface area contributed by atoms with Crippen molar-refractivity contribution >= 4 is 12.0 Å². The van der Waals surface area contributed by atoms with Crippen molar-refractivity contribution in [1.82, 2.24) is 0 Å². The van der Waals surface area contributed by atoms with Crippen LogP contribution < -0.4 is 0 Å². The molecule has 1 rings (SSSR count). The number of unbranched alkanes of at least 4 members (excludes halogenated alkanes) is 3. The molecular weight excluding hydrogens is 268 g/mol. The lowest BCUT2D eigenvalue weighted by Gasteiger charge is -2.04. The van der Waals surface area contributed by atoms with Crippen molar-refractivity contribution in [1.29, 1.82) is 0 Å². The third kappa shape index (κ3) is 5.23. The topological polar surface area (TPSA) is 66.8 Å². The van der Waals surface area contributed by atoms with Gasteiger partial charge in [-0.15, -0.1) is 0 Å². The summed E-state index contributed by atoms with van der Waals surface area (Å²) in [6.07, 6.45) is 6.63. The van der Waals surface area contributed by atoms with Gasteiger partial charge < -0.3 is 14.9 Å². The fraction of sp³-hybridized carbons (Fsp3) is 0.353. The highest BCUT2D eigenvalue weighted by Crippen LogP contribution is 2.32. The lowest BCUT2D eigenvalue weighted by atomic mass is 10.0. The molecule has 2 N–H and O–H groups in total. The first-order valence-electron chi connectivity index (χ1n) is 6.90. The average Bonchev–Trinajstić information content (AvgIpc) is 2.49. The molecule has 0 unspecified atom stereocenters. The smallest absolute Gasteiger partial charge is 0.330 e.